The van der Waals surface area contributed by atoms with Crippen molar-refractivity contribution in [3.63, 3.8) is 0 Å². The summed E-state index contributed by atoms with van der Waals surface area (Å²) in [7, 11) is 0. The number of rotatable bonds is 0. The standard InChI is InChI=1S/C9H6ClFNO/c10-9-8-5-7(11)2-1-6(8)3-4-12(9)13/h1-5,13H/q+1. The van der Waals surface area contributed by atoms with Gasteiger partial charge in [0.1, 0.15) is 5.82 Å². The molecule has 0 spiro atoms. The third kappa shape index (κ3) is 1.31. The molecule has 0 fully saturated rings. The summed E-state index contributed by atoms with van der Waals surface area (Å²) in [6.45, 7) is 0. The molecule has 0 saturated carbocycles. The van der Waals surface area contributed by atoms with Crippen LogP contribution in [-0.4, -0.2) is 5.21 Å². The predicted molar refractivity (Wildman–Crippen MR) is 46.3 cm³/mol. The molecule has 0 aliphatic heterocycles. The minimum absolute atomic E-state index is 0.108. The van der Waals surface area contributed by atoms with Gasteiger partial charge in [-0.15, -0.1) is 0 Å². The van der Waals surface area contributed by atoms with Crippen LogP contribution in [0.25, 0.3) is 10.8 Å². The van der Waals surface area contributed by atoms with E-state index in [1.807, 2.05) is 0 Å². The highest BCUT2D eigenvalue weighted by atomic mass is 35.5. The zero-order valence-corrected chi connectivity index (χ0v) is 7.29. The van der Waals surface area contributed by atoms with Gasteiger partial charge in [-0.3, -0.25) is 5.21 Å². The van der Waals surface area contributed by atoms with E-state index in [1.54, 1.807) is 12.1 Å². The fourth-order valence-electron chi connectivity index (χ4n) is 1.19. The van der Waals surface area contributed by atoms with Crippen LogP contribution in [0.2, 0.25) is 5.15 Å². The van der Waals surface area contributed by atoms with E-state index in [0.717, 1.165) is 10.1 Å². The van der Waals surface area contributed by atoms with Gasteiger partial charge >= 0.3 is 5.15 Å². The molecule has 0 radical (unpaired) electrons. The van der Waals surface area contributed by atoms with Gasteiger partial charge in [0.2, 0.25) is 6.20 Å². The topological polar surface area (TPSA) is 24.1 Å². The summed E-state index contributed by atoms with van der Waals surface area (Å²) in [6.07, 6.45) is 1.41. The molecule has 0 aliphatic carbocycles. The number of hydrogen-bond acceptors (Lipinski definition) is 1. The summed E-state index contributed by atoms with van der Waals surface area (Å²) in [5.41, 5.74) is 0. The van der Waals surface area contributed by atoms with Crippen LogP contribution in [0.3, 0.4) is 0 Å². The normalized spacial score (nSPS) is 10.6. The zero-order valence-electron chi connectivity index (χ0n) is 6.54. The highest BCUT2D eigenvalue weighted by Crippen LogP contribution is 2.20. The molecule has 13 heavy (non-hydrogen) atoms. The third-order valence-electron chi connectivity index (χ3n) is 1.83. The molecule has 0 bridgehead atoms. The average molecular weight is 199 g/mol. The first-order valence-corrected chi connectivity index (χ1v) is 4.05. The number of aromatic nitrogens is 1. The Morgan fingerprint density at radius 3 is 2.85 bits per heavy atom. The van der Waals surface area contributed by atoms with E-state index in [2.05, 4.69) is 0 Å². The molecule has 0 saturated heterocycles. The van der Waals surface area contributed by atoms with Crippen LogP contribution in [0, 0.1) is 5.82 Å². The summed E-state index contributed by atoms with van der Waals surface area (Å²) in [6, 6.07) is 5.89. The predicted octanol–water partition coefficient (Wildman–Crippen LogP) is 2.16. The van der Waals surface area contributed by atoms with Gasteiger partial charge in [-0.1, -0.05) is 6.07 Å². The van der Waals surface area contributed by atoms with Crippen LogP contribution in [0.4, 0.5) is 4.39 Å². The molecule has 1 N–H and O–H groups in total. The second-order valence-corrected chi connectivity index (χ2v) is 3.04. The van der Waals surface area contributed by atoms with Gasteiger partial charge in [0.05, 0.1) is 5.39 Å². The Balaban J connectivity index is 2.89. The van der Waals surface area contributed by atoms with Crippen LogP contribution in [0.1, 0.15) is 0 Å². The lowest BCUT2D eigenvalue weighted by Crippen LogP contribution is -2.30. The van der Waals surface area contributed by atoms with Crippen LogP contribution in [0.15, 0.2) is 30.5 Å². The summed E-state index contributed by atoms with van der Waals surface area (Å²) in [5, 5.41) is 10.6. The number of fused-ring (bicyclic) bond motifs is 1. The van der Waals surface area contributed by atoms with E-state index in [-0.39, 0.29) is 11.0 Å². The monoisotopic (exact) mass is 198 g/mol. The third-order valence-corrected chi connectivity index (χ3v) is 2.21. The van der Waals surface area contributed by atoms with E-state index in [1.165, 1.54) is 18.3 Å². The van der Waals surface area contributed by atoms with Gasteiger partial charge < -0.3 is 0 Å². The molecule has 1 aromatic carbocycles. The van der Waals surface area contributed by atoms with E-state index in [0.29, 0.717) is 5.39 Å². The Labute approximate surface area is 78.8 Å². The Bertz CT molecular complexity index is 467. The van der Waals surface area contributed by atoms with Gasteiger partial charge in [-0.25, -0.2) is 4.39 Å². The van der Waals surface area contributed by atoms with E-state index in [4.69, 9.17) is 11.6 Å². The summed E-state index contributed by atoms with van der Waals surface area (Å²) in [5.74, 6) is -0.374. The van der Waals surface area contributed by atoms with Crippen molar-refractivity contribution in [2.75, 3.05) is 0 Å². The van der Waals surface area contributed by atoms with Gasteiger partial charge in [0, 0.05) is 10.8 Å². The summed E-state index contributed by atoms with van der Waals surface area (Å²) >= 11 is 5.74. The van der Waals surface area contributed by atoms with Crippen molar-refractivity contribution in [1.82, 2.24) is 0 Å². The number of pyridine rings is 1. The van der Waals surface area contributed by atoms with Gasteiger partial charge in [-0.2, -0.15) is 0 Å². The molecular formula is C9H6ClFNO+. The lowest BCUT2D eigenvalue weighted by molar-refractivity contribution is -0.902. The van der Waals surface area contributed by atoms with Crippen molar-refractivity contribution in [3.8, 4) is 0 Å². The first-order valence-electron chi connectivity index (χ1n) is 3.67. The van der Waals surface area contributed by atoms with Crippen molar-refractivity contribution in [2.45, 2.75) is 0 Å². The molecule has 4 heteroatoms. The number of nitrogens with zero attached hydrogens (tertiary/aromatic N) is 1. The fraction of sp³-hybridized carbons (Fsp3) is 0. The minimum atomic E-state index is -0.374. The minimum Gasteiger partial charge on any atom is -0.284 e. The van der Waals surface area contributed by atoms with Gasteiger partial charge in [0.25, 0.3) is 0 Å². The highest BCUT2D eigenvalue weighted by molar-refractivity contribution is 6.33. The smallest absolute Gasteiger partial charge is 0.284 e. The van der Waals surface area contributed by atoms with Crippen molar-refractivity contribution < 1.29 is 14.3 Å². The molecule has 0 aliphatic rings. The Morgan fingerprint density at radius 1 is 1.31 bits per heavy atom. The molecule has 1 heterocycles. The quantitative estimate of drug-likeness (QED) is 0.392. The van der Waals surface area contributed by atoms with E-state index >= 15 is 0 Å². The molecule has 1 aromatic heterocycles. The maximum atomic E-state index is 12.8. The fourth-order valence-corrected chi connectivity index (χ4v) is 1.41. The Hall–Kier alpha value is -1.35. The molecule has 0 atom stereocenters. The summed E-state index contributed by atoms with van der Waals surface area (Å²) in [4.78, 5) is 0. The molecule has 2 aromatic rings. The van der Waals surface area contributed by atoms with Crippen LogP contribution < -0.4 is 4.73 Å². The number of halogens is 2. The lowest BCUT2D eigenvalue weighted by Gasteiger charge is -1.95. The maximum Gasteiger partial charge on any atom is 0.332 e. The number of benzene rings is 1. The van der Waals surface area contributed by atoms with Crippen molar-refractivity contribution in [1.29, 1.82) is 0 Å². The van der Waals surface area contributed by atoms with Gasteiger partial charge in [-0.05, 0) is 29.1 Å². The van der Waals surface area contributed by atoms with E-state index < -0.39 is 0 Å². The van der Waals surface area contributed by atoms with Crippen LogP contribution in [0.5, 0.6) is 0 Å². The van der Waals surface area contributed by atoms with E-state index in [9.17, 15) is 9.60 Å². The second-order valence-electron chi connectivity index (χ2n) is 2.68. The largest absolute Gasteiger partial charge is 0.332 e. The van der Waals surface area contributed by atoms with Crippen molar-refractivity contribution in [3.05, 3.63) is 41.4 Å². The zero-order chi connectivity index (χ0) is 9.42. The first kappa shape index (κ1) is 8.26. The highest BCUT2D eigenvalue weighted by Gasteiger charge is 2.12. The van der Waals surface area contributed by atoms with Crippen LogP contribution in [-0.2, 0) is 0 Å². The number of hydrogen-bond donors (Lipinski definition) is 1. The maximum absolute atomic E-state index is 12.8. The average Bonchev–Trinajstić information content (AvgIpc) is 2.12. The van der Waals surface area contributed by atoms with Crippen molar-refractivity contribution >= 4 is 22.4 Å². The molecule has 66 valence electrons. The van der Waals surface area contributed by atoms with Crippen LogP contribution >= 0.6 is 11.6 Å². The lowest BCUT2D eigenvalue weighted by atomic mass is 10.2. The molecule has 0 amide bonds. The molecule has 0 unspecified atom stereocenters. The molecule has 2 rings (SSSR count). The van der Waals surface area contributed by atoms with Crippen molar-refractivity contribution in [2.24, 2.45) is 0 Å². The summed E-state index contributed by atoms with van der Waals surface area (Å²) < 4.78 is 13.6. The molecule has 2 nitrogen and oxygen atoms in total. The Morgan fingerprint density at radius 2 is 2.08 bits per heavy atom. The first-order chi connectivity index (χ1) is 6.18. The second kappa shape index (κ2) is 2.85. The molecular weight excluding hydrogens is 193 g/mol. The SMILES string of the molecule is O[n+]1ccc2ccc(F)cc2c1Cl. The van der Waals surface area contributed by atoms with Gasteiger partial charge in [0.15, 0.2) is 0 Å². The Kier molecular flexibility index (Phi) is 1.81.